The summed E-state index contributed by atoms with van der Waals surface area (Å²) in [7, 11) is 0. The molecule has 96 valence electrons. The first-order valence-electron chi connectivity index (χ1n) is 5.63. The van der Waals surface area contributed by atoms with Gasteiger partial charge in [-0.1, -0.05) is 30.0 Å². The first-order valence-corrected chi connectivity index (χ1v) is 6.86. The fraction of sp³-hybridized carbons (Fsp3) is 0.231. The van der Waals surface area contributed by atoms with E-state index in [4.69, 9.17) is 5.26 Å². The third-order valence-corrected chi connectivity index (χ3v) is 3.39. The summed E-state index contributed by atoms with van der Waals surface area (Å²) in [5, 5.41) is 17.4. The predicted molar refractivity (Wildman–Crippen MR) is 73.1 cm³/mol. The van der Waals surface area contributed by atoms with E-state index in [1.54, 1.807) is 23.6 Å². The number of thioether (sulfide) groups is 1. The van der Waals surface area contributed by atoms with Gasteiger partial charge in [0.1, 0.15) is 5.69 Å². The Hall–Kier alpha value is -2.13. The minimum atomic E-state index is -0.174. The van der Waals surface area contributed by atoms with Crippen molar-refractivity contribution in [3.8, 4) is 6.07 Å². The Balaban J connectivity index is 2.52. The fourth-order valence-electron chi connectivity index (χ4n) is 1.72. The van der Waals surface area contributed by atoms with E-state index in [9.17, 15) is 4.79 Å². The van der Waals surface area contributed by atoms with Gasteiger partial charge in [0, 0.05) is 0 Å². The molecule has 2 rings (SSSR count). The van der Waals surface area contributed by atoms with Gasteiger partial charge in [0.05, 0.1) is 18.2 Å². The minimum absolute atomic E-state index is 0.174. The molecule has 0 fully saturated rings. The molecule has 0 amide bonds. The second-order valence-electron chi connectivity index (χ2n) is 3.93. The summed E-state index contributed by atoms with van der Waals surface area (Å²) in [6, 6.07) is 9.35. The number of nitrogens with zero attached hydrogens (tertiary/aromatic N) is 4. The molecule has 0 unspecified atom stereocenters. The lowest BCUT2D eigenvalue weighted by Crippen LogP contribution is -2.27. The van der Waals surface area contributed by atoms with Crippen molar-refractivity contribution in [3.63, 3.8) is 0 Å². The molecule has 0 atom stereocenters. The zero-order valence-corrected chi connectivity index (χ0v) is 11.4. The average Bonchev–Trinajstić information content (AvgIpc) is 2.44. The molecule has 1 aromatic carbocycles. The van der Waals surface area contributed by atoms with E-state index >= 15 is 0 Å². The van der Waals surface area contributed by atoms with E-state index in [1.807, 2.05) is 18.4 Å². The van der Waals surface area contributed by atoms with Gasteiger partial charge in [-0.15, -0.1) is 10.2 Å². The molecule has 0 radical (unpaired) electrons. The summed E-state index contributed by atoms with van der Waals surface area (Å²) < 4.78 is 1.54. The van der Waals surface area contributed by atoms with E-state index in [0.717, 1.165) is 5.56 Å². The Labute approximate surface area is 114 Å². The molecule has 2 aromatic rings. The van der Waals surface area contributed by atoms with Crippen LogP contribution in [-0.4, -0.2) is 21.0 Å². The van der Waals surface area contributed by atoms with Gasteiger partial charge in [0.2, 0.25) is 0 Å². The van der Waals surface area contributed by atoms with Crippen LogP contribution in [0.25, 0.3) is 0 Å². The molecule has 19 heavy (non-hydrogen) atoms. The van der Waals surface area contributed by atoms with E-state index in [1.165, 1.54) is 11.8 Å². The van der Waals surface area contributed by atoms with Crippen molar-refractivity contribution in [2.45, 2.75) is 18.6 Å². The summed E-state index contributed by atoms with van der Waals surface area (Å²) >= 11 is 1.36. The van der Waals surface area contributed by atoms with Crippen molar-refractivity contribution in [1.82, 2.24) is 14.8 Å². The summed E-state index contributed by atoms with van der Waals surface area (Å²) in [5.74, 6) is 0. The Bertz CT molecular complexity index is 703. The normalized spacial score (nSPS) is 10.2. The van der Waals surface area contributed by atoms with Gasteiger partial charge >= 0.3 is 0 Å². The maximum atomic E-state index is 12.1. The lowest BCUT2D eigenvalue weighted by molar-refractivity contribution is 0.601. The Morgan fingerprint density at radius 2 is 2.11 bits per heavy atom. The molecule has 0 spiro atoms. The van der Waals surface area contributed by atoms with Crippen molar-refractivity contribution in [2.24, 2.45) is 0 Å². The monoisotopic (exact) mass is 272 g/mol. The number of hydrogen-bond donors (Lipinski definition) is 0. The largest absolute Gasteiger partial charge is 0.280 e. The van der Waals surface area contributed by atoms with Crippen LogP contribution in [0.15, 0.2) is 34.2 Å². The molecule has 0 aliphatic heterocycles. The van der Waals surface area contributed by atoms with Gasteiger partial charge in [-0.3, -0.25) is 9.36 Å². The molecular formula is C13H12N4OS. The van der Waals surface area contributed by atoms with Crippen molar-refractivity contribution >= 4 is 11.8 Å². The molecule has 6 heteroatoms. The molecule has 0 bridgehead atoms. The average molecular weight is 272 g/mol. The van der Waals surface area contributed by atoms with Gasteiger partial charge < -0.3 is 0 Å². The van der Waals surface area contributed by atoms with Gasteiger partial charge in [0.15, 0.2) is 5.16 Å². The molecular weight excluding hydrogens is 260 g/mol. The molecule has 0 saturated carbocycles. The number of hydrogen-bond acceptors (Lipinski definition) is 5. The van der Waals surface area contributed by atoms with Gasteiger partial charge in [0.25, 0.3) is 5.56 Å². The van der Waals surface area contributed by atoms with Crippen molar-refractivity contribution in [3.05, 3.63) is 51.4 Å². The van der Waals surface area contributed by atoms with E-state index in [0.29, 0.717) is 23.0 Å². The lowest BCUT2D eigenvalue weighted by atomic mass is 10.1. The standard InChI is InChI=1S/C13H12N4OS/c1-9-12(18)17(13(19-2)16-15-9)8-11-6-4-3-5-10(11)7-14/h3-6H,8H2,1-2H3. The first kappa shape index (κ1) is 13.3. The van der Waals surface area contributed by atoms with Crippen LogP contribution in [0.2, 0.25) is 0 Å². The van der Waals surface area contributed by atoms with Crippen LogP contribution in [0.1, 0.15) is 16.8 Å². The maximum Gasteiger partial charge on any atom is 0.276 e. The van der Waals surface area contributed by atoms with Crippen LogP contribution in [0.5, 0.6) is 0 Å². The summed E-state index contributed by atoms with van der Waals surface area (Å²) in [4.78, 5) is 12.1. The quantitative estimate of drug-likeness (QED) is 0.793. The van der Waals surface area contributed by atoms with Crippen molar-refractivity contribution in [2.75, 3.05) is 6.26 Å². The molecule has 1 aromatic heterocycles. The zero-order chi connectivity index (χ0) is 13.8. The highest BCUT2D eigenvalue weighted by atomic mass is 32.2. The van der Waals surface area contributed by atoms with Crippen LogP contribution in [0, 0.1) is 18.3 Å². The summed E-state index contributed by atoms with van der Waals surface area (Å²) in [5.41, 5.74) is 1.55. The first-order chi connectivity index (χ1) is 9.17. The SMILES string of the molecule is CSc1nnc(C)c(=O)n1Cc1ccccc1C#N. The zero-order valence-electron chi connectivity index (χ0n) is 10.6. The Kier molecular flexibility index (Phi) is 3.97. The highest BCUT2D eigenvalue weighted by Crippen LogP contribution is 2.13. The van der Waals surface area contributed by atoms with Gasteiger partial charge in [-0.25, -0.2) is 0 Å². The molecule has 0 aliphatic rings. The van der Waals surface area contributed by atoms with Crippen LogP contribution < -0.4 is 5.56 Å². The van der Waals surface area contributed by atoms with E-state index in [-0.39, 0.29) is 5.56 Å². The Morgan fingerprint density at radius 1 is 1.37 bits per heavy atom. The maximum absolute atomic E-state index is 12.1. The molecule has 0 N–H and O–H groups in total. The number of aryl methyl sites for hydroxylation is 1. The summed E-state index contributed by atoms with van der Waals surface area (Å²) in [6.45, 7) is 1.96. The van der Waals surface area contributed by atoms with Crippen LogP contribution in [-0.2, 0) is 6.54 Å². The van der Waals surface area contributed by atoms with Crippen LogP contribution in [0.4, 0.5) is 0 Å². The van der Waals surface area contributed by atoms with Crippen LogP contribution >= 0.6 is 11.8 Å². The number of rotatable bonds is 3. The van der Waals surface area contributed by atoms with Crippen molar-refractivity contribution in [1.29, 1.82) is 5.26 Å². The molecule has 0 saturated heterocycles. The number of nitriles is 1. The molecule has 0 aliphatic carbocycles. The highest BCUT2D eigenvalue weighted by Gasteiger charge is 2.11. The molecule has 5 nitrogen and oxygen atoms in total. The van der Waals surface area contributed by atoms with Crippen LogP contribution in [0.3, 0.4) is 0 Å². The smallest absolute Gasteiger partial charge is 0.276 e. The highest BCUT2D eigenvalue weighted by molar-refractivity contribution is 7.98. The third kappa shape index (κ3) is 2.66. The minimum Gasteiger partial charge on any atom is -0.280 e. The van der Waals surface area contributed by atoms with E-state index < -0.39 is 0 Å². The predicted octanol–water partition coefficient (Wildman–Crippen LogP) is 1.59. The van der Waals surface area contributed by atoms with Gasteiger partial charge in [-0.05, 0) is 24.8 Å². The second kappa shape index (κ2) is 5.67. The molecule has 1 heterocycles. The van der Waals surface area contributed by atoms with Gasteiger partial charge in [-0.2, -0.15) is 5.26 Å². The van der Waals surface area contributed by atoms with E-state index in [2.05, 4.69) is 16.3 Å². The topological polar surface area (TPSA) is 71.6 Å². The van der Waals surface area contributed by atoms with Crippen molar-refractivity contribution < 1.29 is 0 Å². The third-order valence-electron chi connectivity index (χ3n) is 2.72. The summed E-state index contributed by atoms with van der Waals surface area (Å²) in [6.07, 6.45) is 1.84. The lowest BCUT2D eigenvalue weighted by Gasteiger charge is -2.10. The number of aromatic nitrogens is 3. The Morgan fingerprint density at radius 3 is 2.79 bits per heavy atom. The number of benzene rings is 1. The second-order valence-corrected chi connectivity index (χ2v) is 4.71. The fourth-order valence-corrected chi connectivity index (χ4v) is 2.22.